The maximum Gasteiger partial charge on any atom is 0.157 e. The third-order valence-corrected chi connectivity index (χ3v) is 3.48. The monoisotopic (exact) mass is 335 g/mol. The highest BCUT2D eigenvalue weighted by atomic mass is 79.9. The van der Waals surface area contributed by atoms with Crippen molar-refractivity contribution in [2.45, 2.75) is 20.5 Å². The SMILES string of the molecule is CCNc1nc(COCC)nc(-c2ccccc2)c1Br. The van der Waals surface area contributed by atoms with Crippen LogP contribution in [0.5, 0.6) is 0 Å². The Balaban J connectivity index is 2.45. The van der Waals surface area contributed by atoms with Crippen molar-refractivity contribution in [2.75, 3.05) is 18.5 Å². The van der Waals surface area contributed by atoms with Gasteiger partial charge in [-0.1, -0.05) is 30.3 Å². The first-order chi connectivity index (χ1) is 9.76. The van der Waals surface area contributed by atoms with E-state index in [1.165, 1.54) is 0 Å². The van der Waals surface area contributed by atoms with Gasteiger partial charge in [0.15, 0.2) is 5.82 Å². The summed E-state index contributed by atoms with van der Waals surface area (Å²) in [6, 6.07) is 10.1. The Morgan fingerprint density at radius 1 is 1.15 bits per heavy atom. The molecule has 0 fully saturated rings. The van der Waals surface area contributed by atoms with Crippen LogP contribution in [-0.4, -0.2) is 23.1 Å². The number of halogens is 1. The maximum atomic E-state index is 5.42. The summed E-state index contributed by atoms with van der Waals surface area (Å²) in [6.45, 7) is 5.87. The number of ether oxygens (including phenoxy) is 1. The fourth-order valence-electron chi connectivity index (χ4n) is 1.82. The second kappa shape index (κ2) is 7.36. The highest BCUT2D eigenvalue weighted by molar-refractivity contribution is 9.10. The lowest BCUT2D eigenvalue weighted by Crippen LogP contribution is -2.07. The Morgan fingerprint density at radius 3 is 2.55 bits per heavy atom. The molecule has 5 heteroatoms. The standard InChI is InChI=1S/C15H18BrN3O/c1-3-17-15-13(16)14(11-8-6-5-7-9-11)18-12(19-15)10-20-4-2/h5-9H,3-4,10H2,1-2H3,(H,17,18,19). The van der Waals surface area contributed by atoms with Crippen LogP contribution in [-0.2, 0) is 11.3 Å². The Labute approximate surface area is 127 Å². The number of anilines is 1. The van der Waals surface area contributed by atoms with Gasteiger partial charge in [-0.25, -0.2) is 9.97 Å². The number of aromatic nitrogens is 2. The molecule has 1 N–H and O–H groups in total. The second-order valence-electron chi connectivity index (χ2n) is 4.18. The average Bonchev–Trinajstić information content (AvgIpc) is 2.49. The molecule has 1 aromatic heterocycles. The van der Waals surface area contributed by atoms with E-state index < -0.39 is 0 Å². The van der Waals surface area contributed by atoms with Crippen molar-refractivity contribution in [1.29, 1.82) is 0 Å². The number of benzene rings is 1. The number of hydrogen-bond acceptors (Lipinski definition) is 4. The Morgan fingerprint density at radius 2 is 1.90 bits per heavy atom. The quantitative estimate of drug-likeness (QED) is 0.870. The van der Waals surface area contributed by atoms with E-state index in [1.54, 1.807) is 0 Å². The molecule has 0 saturated carbocycles. The molecule has 1 aromatic carbocycles. The summed E-state index contributed by atoms with van der Waals surface area (Å²) >= 11 is 3.59. The van der Waals surface area contributed by atoms with Crippen LogP contribution in [0.15, 0.2) is 34.8 Å². The molecule has 0 aliphatic carbocycles. The predicted octanol–water partition coefficient (Wildman–Crippen LogP) is 3.87. The van der Waals surface area contributed by atoms with Crippen LogP contribution in [0.25, 0.3) is 11.3 Å². The van der Waals surface area contributed by atoms with Crippen molar-refractivity contribution in [2.24, 2.45) is 0 Å². The van der Waals surface area contributed by atoms with Gasteiger partial charge in [0.2, 0.25) is 0 Å². The van der Waals surface area contributed by atoms with E-state index in [0.717, 1.165) is 28.1 Å². The summed E-state index contributed by atoms with van der Waals surface area (Å²) in [5.41, 5.74) is 1.94. The molecular formula is C15H18BrN3O. The molecule has 1 heterocycles. The first kappa shape index (κ1) is 14.9. The van der Waals surface area contributed by atoms with Gasteiger partial charge in [-0.05, 0) is 29.8 Å². The lowest BCUT2D eigenvalue weighted by Gasteiger charge is -2.12. The van der Waals surface area contributed by atoms with E-state index in [2.05, 4.69) is 31.2 Å². The third kappa shape index (κ3) is 3.55. The fourth-order valence-corrected chi connectivity index (χ4v) is 2.37. The molecule has 0 aliphatic rings. The molecule has 0 aliphatic heterocycles. The summed E-state index contributed by atoms with van der Waals surface area (Å²) in [4.78, 5) is 9.09. The van der Waals surface area contributed by atoms with Gasteiger partial charge in [0.1, 0.15) is 12.4 Å². The van der Waals surface area contributed by atoms with Crippen molar-refractivity contribution in [3.8, 4) is 11.3 Å². The van der Waals surface area contributed by atoms with Crippen LogP contribution >= 0.6 is 15.9 Å². The smallest absolute Gasteiger partial charge is 0.157 e. The topological polar surface area (TPSA) is 47.0 Å². The lowest BCUT2D eigenvalue weighted by atomic mass is 10.1. The van der Waals surface area contributed by atoms with E-state index in [4.69, 9.17) is 4.74 Å². The first-order valence-corrected chi connectivity index (χ1v) is 7.49. The van der Waals surface area contributed by atoms with E-state index in [9.17, 15) is 0 Å². The molecule has 2 rings (SSSR count). The molecule has 0 radical (unpaired) electrons. The van der Waals surface area contributed by atoms with Crippen LogP contribution in [0.1, 0.15) is 19.7 Å². The van der Waals surface area contributed by atoms with Gasteiger partial charge in [-0.2, -0.15) is 0 Å². The van der Waals surface area contributed by atoms with E-state index in [1.807, 2.05) is 44.2 Å². The minimum Gasteiger partial charge on any atom is -0.374 e. The average molecular weight is 336 g/mol. The van der Waals surface area contributed by atoms with Crippen LogP contribution in [0.2, 0.25) is 0 Å². The molecule has 20 heavy (non-hydrogen) atoms. The van der Waals surface area contributed by atoms with E-state index in [-0.39, 0.29) is 0 Å². The minimum atomic E-state index is 0.419. The number of nitrogens with one attached hydrogen (secondary N) is 1. The van der Waals surface area contributed by atoms with Crippen molar-refractivity contribution >= 4 is 21.7 Å². The predicted molar refractivity (Wildman–Crippen MR) is 84.7 cm³/mol. The Bertz CT molecular complexity index is 561. The molecule has 0 unspecified atom stereocenters. The van der Waals surface area contributed by atoms with Gasteiger partial charge in [0.25, 0.3) is 0 Å². The summed E-state index contributed by atoms with van der Waals surface area (Å²) < 4.78 is 6.30. The van der Waals surface area contributed by atoms with Crippen molar-refractivity contribution < 1.29 is 4.74 Å². The zero-order valence-corrected chi connectivity index (χ0v) is 13.3. The van der Waals surface area contributed by atoms with Crippen molar-refractivity contribution in [3.63, 3.8) is 0 Å². The lowest BCUT2D eigenvalue weighted by molar-refractivity contribution is 0.128. The fraction of sp³-hybridized carbons (Fsp3) is 0.333. The van der Waals surface area contributed by atoms with Crippen LogP contribution in [0.3, 0.4) is 0 Å². The third-order valence-electron chi connectivity index (χ3n) is 2.72. The maximum absolute atomic E-state index is 5.42. The number of rotatable bonds is 6. The summed E-state index contributed by atoms with van der Waals surface area (Å²) in [7, 11) is 0. The van der Waals surface area contributed by atoms with Gasteiger partial charge in [0, 0.05) is 18.7 Å². The molecular weight excluding hydrogens is 318 g/mol. The first-order valence-electron chi connectivity index (χ1n) is 6.69. The second-order valence-corrected chi connectivity index (χ2v) is 4.98. The normalized spacial score (nSPS) is 10.6. The van der Waals surface area contributed by atoms with E-state index >= 15 is 0 Å². The van der Waals surface area contributed by atoms with Gasteiger partial charge in [-0.3, -0.25) is 0 Å². The van der Waals surface area contributed by atoms with Gasteiger partial charge >= 0.3 is 0 Å². The molecule has 0 saturated heterocycles. The molecule has 0 atom stereocenters. The zero-order chi connectivity index (χ0) is 14.4. The van der Waals surface area contributed by atoms with Crippen LogP contribution in [0, 0.1) is 0 Å². The van der Waals surface area contributed by atoms with Crippen molar-refractivity contribution in [1.82, 2.24) is 9.97 Å². The van der Waals surface area contributed by atoms with Crippen LogP contribution < -0.4 is 5.32 Å². The minimum absolute atomic E-state index is 0.419. The zero-order valence-electron chi connectivity index (χ0n) is 11.7. The number of hydrogen-bond donors (Lipinski definition) is 1. The Kier molecular flexibility index (Phi) is 5.49. The summed E-state index contributed by atoms with van der Waals surface area (Å²) in [6.07, 6.45) is 0. The van der Waals surface area contributed by atoms with Gasteiger partial charge in [0.05, 0.1) is 10.2 Å². The Hall–Kier alpha value is -1.46. The highest BCUT2D eigenvalue weighted by Gasteiger charge is 2.13. The molecule has 106 valence electrons. The van der Waals surface area contributed by atoms with Gasteiger partial charge < -0.3 is 10.1 Å². The summed E-state index contributed by atoms with van der Waals surface area (Å²) in [5.74, 6) is 1.49. The van der Waals surface area contributed by atoms with Crippen LogP contribution in [0.4, 0.5) is 5.82 Å². The van der Waals surface area contributed by atoms with E-state index in [0.29, 0.717) is 19.0 Å². The molecule has 0 bridgehead atoms. The highest BCUT2D eigenvalue weighted by Crippen LogP contribution is 2.31. The van der Waals surface area contributed by atoms with Crippen molar-refractivity contribution in [3.05, 3.63) is 40.6 Å². The molecule has 4 nitrogen and oxygen atoms in total. The number of nitrogens with zero attached hydrogens (tertiary/aromatic N) is 2. The molecule has 0 spiro atoms. The van der Waals surface area contributed by atoms with Gasteiger partial charge in [-0.15, -0.1) is 0 Å². The largest absolute Gasteiger partial charge is 0.374 e. The molecule has 0 amide bonds. The molecule has 2 aromatic rings. The summed E-state index contributed by atoms with van der Waals surface area (Å²) in [5, 5.41) is 3.25.